The third kappa shape index (κ3) is 3.74. The quantitative estimate of drug-likeness (QED) is 0.743. The van der Waals surface area contributed by atoms with Crippen LogP contribution in [-0.2, 0) is 4.74 Å². The lowest BCUT2D eigenvalue weighted by atomic mass is 9.91. The van der Waals surface area contributed by atoms with Crippen molar-refractivity contribution in [1.29, 1.82) is 0 Å². The predicted molar refractivity (Wildman–Crippen MR) is 61.8 cm³/mol. The topological polar surface area (TPSA) is 47.3 Å². The van der Waals surface area contributed by atoms with Crippen molar-refractivity contribution in [1.82, 2.24) is 5.32 Å². The van der Waals surface area contributed by atoms with Crippen molar-refractivity contribution < 1.29 is 4.74 Å². The van der Waals surface area contributed by atoms with Crippen LogP contribution in [0.4, 0.5) is 0 Å². The van der Waals surface area contributed by atoms with E-state index in [4.69, 9.17) is 10.5 Å². The van der Waals surface area contributed by atoms with Crippen LogP contribution < -0.4 is 11.1 Å². The summed E-state index contributed by atoms with van der Waals surface area (Å²) >= 11 is 0. The summed E-state index contributed by atoms with van der Waals surface area (Å²) in [5.74, 6) is 0. The first-order valence-corrected chi connectivity index (χ1v) is 6.45. The minimum atomic E-state index is 0.453. The van der Waals surface area contributed by atoms with Crippen molar-refractivity contribution in [3.05, 3.63) is 0 Å². The molecule has 0 amide bonds. The SMILES string of the molecule is NC1CCC(NCC2CCCCO2)CC1. The van der Waals surface area contributed by atoms with E-state index in [0.29, 0.717) is 18.2 Å². The highest BCUT2D eigenvalue weighted by Crippen LogP contribution is 2.18. The molecular formula is C12H24N2O. The van der Waals surface area contributed by atoms with E-state index in [1.165, 1.54) is 44.9 Å². The Bertz CT molecular complexity index is 172. The smallest absolute Gasteiger partial charge is 0.0699 e. The van der Waals surface area contributed by atoms with Crippen molar-refractivity contribution in [2.75, 3.05) is 13.2 Å². The molecule has 0 aromatic rings. The maximum Gasteiger partial charge on any atom is 0.0699 e. The zero-order valence-corrected chi connectivity index (χ0v) is 9.58. The van der Waals surface area contributed by atoms with Gasteiger partial charge in [-0.25, -0.2) is 0 Å². The molecule has 15 heavy (non-hydrogen) atoms. The number of nitrogens with two attached hydrogens (primary N) is 1. The first-order valence-electron chi connectivity index (χ1n) is 6.45. The van der Waals surface area contributed by atoms with Crippen molar-refractivity contribution >= 4 is 0 Å². The number of hydrogen-bond donors (Lipinski definition) is 2. The molecular weight excluding hydrogens is 188 g/mol. The number of hydrogen-bond acceptors (Lipinski definition) is 3. The van der Waals surface area contributed by atoms with Gasteiger partial charge in [-0.3, -0.25) is 0 Å². The molecule has 3 nitrogen and oxygen atoms in total. The Hall–Kier alpha value is -0.120. The standard InChI is InChI=1S/C12H24N2O/c13-10-4-6-11(7-5-10)14-9-12-3-1-2-8-15-12/h10-12,14H,1-9,13H2. The molecule has 1 aliphatic heterocycles. The lowest BCUT2D eigenvalue weighted by Gasteiger charge is -2.30. The van der Waals surface area contributed by atoms with Crippen LogP contribution in [0.15, 0.2) is 0 Å². The Morgan fingerprint density at radius 1 is 1.07 bits per heavy atom. The van der Waals surface area contributed by atoms with Crippen LogP contribution in [0.1, 0.15) is 44.9 Å². The molecule has 3 heteroatoms. The summed E-state index contributed by atoms with van der Waals surface area (Å²) in [6.45, 7) is 2.00. The van der Waals surface area contributed by atoms with Gasteiger partial charge in [0, 0.05) is 25.2 Å². The highest BCUT2D eigenvalue weighted by molar-refractivity contribution is 4.80. The molecule has 1 aliphatic carbocycles. The van der Waals surface area contributed by atoms with Gasteiger partial charge in [0.1, 0.15) is 0 Å². The third-order valence-electron chi connectivity index (χ3n) is 3.68. The van der Waals surface area contributed by atoms with Gasteiger partial charge in [-0.05, 0) is 44.9 Å². The molecule has 2 rings (SSSR count). The fourth-order valence-electron chi connectivity index (χ4n) is 2.59. The molecule has 1 saturated heterocycles. The summed E-state index contributed by atoms with van der Waals surface area (Å²) in [4.78, 5) is 0. The molecule has 0 aromatic carbocycles. The Kier molecular flexibility index (Phi) is 4.42. The normalized spacial score (nSPS) is 37.8. The maximum atomic E-state index is 5.88. The highest BCUT2D eigenvalue weighted by Gasteiger charge is 2.20. The lowest BCUT2D eigenvalue weighted by Crippen LogP contribution is -2.41. The largest absolute Gasteiger partial charge is 0.377 e. The van der Waals surface area contributed by atoms with E-state index in [1.807, 2.05) is 0 Å². The summed E-state index contributed by atoms with van der Waals surface area (Å²) in [7, 11) is 0. The van der Waals surface area contributed by atoms with E-state index < -0.39 is 0 Å². The van der Waals surface area contributed by atoms with Crippen LogP contribution in [0.5, 0.6) is 0 Å². The van der Waals surface area contributed by atoms with Crippen LogP contribution in [-0.4, -0.2) is 31.3 Å². The maximum absolute atomic E-state index is 5.88. The van der Waals surface area contributed by atoms with Crippen LogP contribution in [0.3, 0.4) is 0 Å². The predicted octanol–water partition coefficient (Wildman–Crippen LogP) is 1.41. The number of rotatable bonds is 3. The van der Waals surface area contributed by atoms with Gasteiger partial charge in [-0.15, -0.1) is 0 Å². The van der Waals surface area contributed by atoms with E-state index in [0.717, 1.165) is 13.2 Å². The second-order valence-corrected chi connectivity index (χ2v) is 5.01. The van der Waals surface area contributed by atoms with Crippen molar-refractivity contribution in [2.24, 2.45) is 5.73 Å². The Morgan fingerprint density at radius 2 is 1.87 bits per heavy atom. The van der Waals surface area contributed by atoms with Crippen LogP contribution >= 0.6 is 0 Å². The van der Waals surface area contributed by atoms with Crippen molar-refractivity contribution in [2.45, 2.75) is 63.1 Å². The molecule has 1 unspecified atom stereocenters. The van der Waals surface area contributed by atoms with Gasteiger partial charge in [-0.2, -0.15) is 0 Å². The zero-order chi connectivity index (χ0) is 10.5. The van der Waals surface area contributed by atoms with Crippen LogP contribution in [0, 0.1) is 0 Å². The fourth-order valence-corrected chi connectivity index (χ4v) is 2.59. The average molecular weight is 212 g/mol. The van der Waals surface area contributed by atoms with Gasteiger partial charge in [0.2, 0.25) is 0 Å². The first-order chi connectivity index (χ1) is 7.34. The molecule has 1 heterocycles. The summed E-state index contributed by atoms with van der Waals surface area (Å²) in [5, 5.41) is 3.63. The summed E-state index contributed by atoms with van der Waals surface area (Å²) in [5.41, 5.74) is 5.88. The van der Waals surface area contributed by atoms with Gasteiger partial charge in [0.25, 0.3) is 0 Å². The van der Waals surface area contributed by atoms with Crippen LogP contribution in [0.25, 0.3) is 0 Å². The molecule has 88 valence electrons. The number of nitrogens with one attached hydrogen (secondary N) is 1. The van der Waals surface area contributed by atoms with Gasteiger partial charge in [0.05, 0.1) is 6.10 Å². The zero-order valence-electron chi connectivity index (χ0n) is 9.58. The van der Waals surface area contributed by atoms with Crippen molar-refractivity contribution in [3.63, 3.8) is 0 Å². The first kappa shape index (κ1) is 11.4. The van der Waals surface area contributed by atoms with E-state index in [2.05, 4.69) is 5.32 Å². The Labute approximate surface area is 92.7 Å². The second-order valence-electron chi connectivity index (χ2n) is 5.01. The molecule has 0 aromatic heterocycles. The molecule has 0 bridgehead atoms. The monoisotopic (exact) mass is 212 g/mol. The van der Waals surface area contributed by atoms with Gasteiger partial charge in [0.15, 0.2) is 0 Å². The van der Waals surface area contributed by atoms with Crippen LogP contribution in [0.2, 0.25) is 0 Å². The van der Waals surface area contributed by atoms with E-state index in [1.54, 1.807) is 0 Å². The van der Waals surface area contributed by atoms with E-state index >= 15 is 0 Å². The third-order valence-corrected chi connectivity index (χ3v) is 3.68. The fraction of sp³-hybridized carbons (Fsp3) is 1.00. The minimum Gasteiger partial charge on any atom is -0.377 e. The highest BCUT2D eigenvalue weighted by atomic mass is 16.5. The molecule has 1 saturated carbocycles. The Balaban J connectivity index is 1.60. The second kappa shape index (κ2) is 5.83. The minimum absolute atomic E-state index is 0.453. The van der Waals surface area contributed by atoms with Gasteiger partial charge < -0.3 is 15.8 Å². The molecule has 1 atom stereocenters. The molecule has 0 radical (unpaired) electrons. The average Bonchev–Trinajstić information content (AvgIpc) is 2.30. The summed E-state index contributed by atoms with van der Waals surface area (Å²) < 4.78 is 5.70. The van der Waals surface area contributed by atoms with Crippen molar-refractivity contribution in [3.8, 4) is 0 Å². The number of ether oxygens (including phenoxy) is 1. The molecule has 3 N–H and O–H groups in total. The van der Waals surface area contributed by atoms with Gasteiger partial charge >= 0.3 is 0 Å². The molecule has 2 fully saturated rings. The molecule has 0 spiro atoms. The van der Waals surface area contributed by atoms with E-state index in [9.17, 15) is 0 Å². The molecule has 2 aliphatic rings. The lowest BCUT2D eigenvalue weighted by molar-refractivity contribution is 0.0146. The van der Waals surface area contributed by atoms with Gasteiger partial charge in [-0.1, -0.05) is 0 Å². The summed E-state index contributed by atoms with van der Waals surface area (Å²) in [6.07, 6.45) is 9.14. The summed E-state index contributed by atoms with van der Waals surface area (Å²) in [6, 6.07) is 1.14. The van der Waals surface area contributed by atoms with E-state index in [-0.39, 0.29) is 0 Å². The Morgan fingerprint density at radius 3 is 2.53 bits per heavy atom.